The fraction of sp³-hybridized carbons (Fsp3) is 0.571. The normalized spacial score (nSPS) is 11.7. The fourth-order valence-corrected chi connectivity index (χ4v) is 2.24. The smallest absolute Gasteiger partial charge is 0.156 e. The molecule has 1 aromatic rings. The number of rotatable bonds is 5. The first-order valence-electron chi connectivity index (χ1n) is 6.13. The van der Waals surface area contributed by atoms with E-state index >= 15 is 0 Å². The van der Waals surface area contributed by atoms with Crippen molar-refractivity contribution in [2.75, 3.05) is 13.2 Å². The first-order chi connectivity index (χ1) is 8.29. The maximum Gasteiger partial charge on any atom is 0.156 e. The molecular formula is C14H21Cl2NO. The van der Waals surface area contributed by atoms with E-state index in [0.717, 1.165) is 18.5 Å². The van der Waals surface area contributed by atoms with Crippen LogP contribution in [-0.2, 0) is 0 Å². The summed E-state index contributed by atoms with van der Waals surface area (Å²) in [5.74, 6) is 0.583. The van der Waals surface area contributed by atoms with Crippen molar-refractivity contribution in [2.45, 2.75) is 39.7 Å². The largest absolute Gasteiger partial charge is 0.490 e. The number of halogens is 2. The van der Waals surface area contributed by atoms with Gasteiger partial charge in [-0.05, 0) is 58.4 Å². The van der Waals surface area contributed by atoms with Gasteiger partial charge < -0.3 is 10.1 Å². The van der Waals surface area contributed by atoms with Gasteiger partial charge >= 0.3 is 0 Å². The molecule has 0 aliphatic heterocycles. The monoisotopic (exact) mass is 289 g/mol. The minimum absolute atomic E-state index is 0.138. The fourth-order valence-electron chi connectivity index (χ4n) is 1.53. The highest BCUT2D eigenvalue weighted by Gasteiger charge is 2.09. The molecule has 0 unspecified atom stereocenters. The van der Waals surface area contributed by atoms with Gasteiger partial charge in [0.1, 0.15) is 0 Å². The first-order valence-corrected chi connectivity index (χ1v) is 6.88. The zero-order valence-corrected chi connectivity index (χ0v) is 13.0. The van der Waals surface area contributed by atoms with Crippen molar-refractivity contribution in [3.05, 3.63) is 27.7 Å². The molecule has 0 aromatic heterocycles. The molecule has 0 bridgehead atoms. The lowest BCUT2D eigenvalue weighted by atomic mass is 10.1. The van der Waals surface area contributed by atoms with E-state index in [2.05, 4.69) is 26.1 Å². The van der Waals surface area contributed by atoms with Gasteiger partial charge in [-0.25, -0.2) is 0 Å². The molecule has 0 aliphatic rings. The Kier molecular flexibility index (Phi) is 5.77. The van der Waals surface area contributed by atoms with Crippen LogP contribution in [0.3, 0.4) is 0 Å². The Morgan fingerprint density at radius 2 is 1.72 bits per heavy atom. The summed E-state index contributed by atoms with van der Waals surface area (Å²) in [6.07, 6.45) is 0.914. The lowest BCUT2D eigenvalue weighted by Crippen LogP contribution is -2.36. The van der Waals surface area contributed by atoms with Gasteiger partial charge in [-0.2, -0.15) is 0 Å². The van der Waals surface area contributed by atoms with Crippen molar-refractivity contribution < 1.29 is 4.74 Å². The second-order valence-electron chi connectivity index (χ2n) is 5.44. The molecular weight excluding hydrogens is 269 g/mol. The second kappa shape index (κ2) is 6.65. The lowest BCUT2D eigenvalue weighted by Gasteiger charge is -2.20. The van der Waals surface area contributed by atoms with Crippen LogP contribution in [0.2, 0.25) is 10.0 Å². The number of benzene rings is 1. The summed E-state index contributed by atoms with van der Waals surface area (Å²) in [5, 5.41) is 4.55. The molecule has 0 atom stereocenters. The van der Waals surface area contributed by atoms with Gasteiger partial charge in [0.25, 0.3) is 0 Å². The molecule has 0 saturated heterocycles. The topological polar surface area (TPSA) is 21.3 Å². The highest BCUT2D eigenvalue weighted by molar-refractivity contribution is 6.37. The van der Waals surface area contributed by atoms with Crippen LogP contribution in [-0.4, -0.2) is 18.7 Å². The zero-order valence-electron chi connectivity index (χ0n) is 11.4. The van der Waals surface area contributed by atoms with Gasteiger partial charge in [0.2, 0.25) is 0 Å². The van der Waals surface area contributed by atoms with E-state index in [1.807, 2.05) is 19.1 Å². The Hall–Kier alpha value is -0.440. The molecule has 102 valence electrons. The van der Waals surface area contributed by atoms with Crippen LogP contribution < -0.4 is 10.1 Å². The van der Waals surface area contributed by atoms with E-state index in [9.17, 15) is 0 Å². The third kappa shape index (κ3) is 5.47. The predicted molar refractivity (Wildman–Crippen MR) is 79.1 cm³/mol. The molecule has 0 saturated carbocycles. The Morgan fingerprint density at radius 3 is 2.22 bits per heavy atom. The summed E-state index contributed by atoms with van der Waals surface area (Å²) in [7, 11) is 0. The molecule has 18 heavy (non-hydrogen) atoms. The van der Waals surface area contributed by atoms with Gasteiger partial charge in [-0.15, -0.1) is 0 Å². The van der Waals surface area contributed by atoms with Crippen molar-refractivity contribution >= 4 is 23.2 Å². The van der Waals surface area contributed by atoms with E-state index in [4.69, 9.17) is 27.9 Å². The molecule has 0 amide bonds. The van der Waals surface area contributed by atoms with Crippen LogP contribution in [0, 0.1) is 6.92 Å². The highest BCUT2D eigenvalue weighted by Crippen LogP contribution is 2.33. The summed E-state index contributed by atoms with van der Waals surface area (Å²) >= 11 is 12.2. The van der Waals surface area contributed by atoms with Gasteiger partial charge in [0.05, 0.1) is 16.7 Å². The van der Waals surface area contributed by atoms with Gasteiger partial charge in [-0.1, -0.05) is 23.2 Å². The molecule has 0 radical (unpaired) electrons. The molecule has 0 spiro atoms. The van der Waals surface area contributed by atoms with E-state index in [0.29, 0.717) is 22.4 Å². The van der Waals surface area contributed by atoms with Crippen LogP contribution in [0.15, 0.2) is 12.1 Å². The van der Waals surface area contributed by atoms with Crippen LogP contribution in [0.5, 0.6) is 5.75 Å². The summed E-state index contributed by atoms with van der Waals surface area (Å²) in [4.78, 5) is 0. The predicted octanol–water partition coefficient (Wildman–Crippen LogP) is 4.46. The maximum atomic E-state index is 6.10. The Morgan fingerprint density at radius 1 is 1.17 bits per heavy atom. The van der Waals surface area contributed by atoms with Crippen LogP contribution in [0.25, 0.3) is 0 Å². The molecule has 4 heteroatoms. The Labute approximate surface area is 120 Å². The van der Waals surface area contributed by atoms with Gasteiger partial charge in [-0.3, -0.25) is 0 Å². The maximum absolute atomic E-state index is 6.10. The quantitative estimate of drug-likeness (QED) is 0.808. The van der Waals surface area contributed by atoms with Crippen molar-refractivity contribution in [2.24, 2.45) is 0 Å². The van der Waals surface area contributed by atoms with Crippen LogP contribution in [0.1, 0.15) is 32.8 Å². The minimum Gasteiger partial charge on any atom is -0.490 e. The van der Waals surface area contributed by atoms with E-state index in [1.165, 1.54) is 0 Å². The van der Waals surface area contributed by atoms with Gasteiger partial charge in [0.15, 0.2) is 5.75 Å². The van der Waals surface area contributed by atoms with E-state index in [-0.39, 0.29) is 5.54 Å². The minimum atomic E-state index is 0.138. The standard InChI is InChI=1S/C14H21Cl2NO/c1-10-8-11(15)13(12(16)9-10)18-7-5-6-17-14(2,3)4/h8-9,17H,5-7H2,1-4H3. The first kappa shape index (κ1) is 15.6. The molecule has 0 fully saturated rings. The number of nitrogens with one attached hydrogen (secondary N) is 1. The molecule has 1 aromatic carbocycles. The van der Waals surface area contributed by atoms with Crippen molar-refractivity contribution in [3.63, 3.8) is 0 Å². The molecule has 1 rings (SSSR count). The average Bonchev–Trinajstić information content (AvgIpc) is 2.19. The van der Waals surface area contributed by atoms with Crippen molar-refractivity contribution in [3.8, 4) is 5.75 Å². The van der Waals surface area contributed by atoms with Crippen molar-refractivity contribution in [1.29, 1.82) is 0 Å². The second-order valence-corrected chi connectivity index (χ2v) is 6.25. The number of hydrogen-bond donors (Lipinski definition) is 1. The average molecular weight is 290 g/mol. The Bertz CT molecular complexity index is 376. The summed E-state index contributed by atoms with van der Waals surface area (Å²) in [6, 6.07) is 3.71. The number of ether oxygens (including phenoxy) is 1. The van der Waals surface area contributed by atoms with Crippen LogP contribution in [0.4, 0.5) is 0 Å². The Balaban J connectivity index is 2.41. The molecule has 1 N–H and O–H groups in total. The summed E-state index contributed by atoms with van der Waals surface area (Å²) < 4.78 is 5.63. The zero-order chi connectivity index (χ0) is 13.8. The number of aryl methyl sites for hydroxylation is 1. The van der Waals surface area contributed by atoms with Crippen molar-refractivity contribution in [1.82, 2.24) is 5.32 Å². The summed E-state index contributed by atoms with van der Waals surface area (Å²) in [6.45, 7) is 9.88. The highest BCUT2D eigenvalue weighted by atomic mass is 35.5. The molecule has 0 heterocycles. The van der Waals surface area contributed by atoms with Crippen LogP contribution >= 0.6 is 23.2 Å². The van der Waals surface area contributed by atoms with Gasteiger partial charge in [0, 0.05) is 5.54 Å². The number of hydrogen-bond acceptors (Lipinski definition) is 2. The third-order valence-electron chi connectivity index (χ3n) is 2.37. The molecule has 0 aliphatic carbocycles. The third-order valence-corrected chi connectivity index (χ3v) is 2.93. The van der Waals surface area contributed by atoms with E-state index in [1.54, 1.807) is 0 Å². The molecule has 2 nitrogen and oxygen atoms in total. The summed E-state index contributed by atoms with van der Waals surface area (Å²) in [5.41, 5.74) is 1.17. The SMILES string of the molecule is Cc1cc(Cl)c(OCCCNC(C)(C)C)c(Cl)c1. The van der Waals surface area contributed by atoms with E-state index < -0.39 is 0 Å². The lowest BCUT2D eigenvalue weighted by molar-refractivity contribution is 0.298.